The van der Waals surface area contributed by atoms with Crippen molar-refractivity contribution in [1.82, 2.24) is 14.5 Å². The molecule has 0 fully saturated rings. The second kappa shape index (κ2) is 5.24. The van der Waals surface area contributed by atoms with Gasteiger partial charge in [-0.3, -0.25) is 4.57 Å². The Morgan fingerprint density at radius 2 is 2.11 bits per heavy atom. The summed E-state index contributed by atoms with van der Waals surface area (Å²) in [6, 6.07) is 10.2. The third kappa shape index (κ3) is 2.66. The molecule has 0 aliphatic heterocycles. The fourth-order valence-electron chi connectivity index (χ4n) is 1.90. The molecule has 19 heavy (non-hydrogen) atoms. The third-order valence-corrected chi connectivity index (χ3v) is 3.41. The van der Waals surface area contributed by atoms with E-state index in [1.165, 1.54) is 0 Å². The summed E-state index contributed by atoms with van der Waals surface area (Å²) in [5.41, 5.74) is 4.96. The van der Waals surface area contributed by atoms with E-state index < -0.39 is 0 Å². The molecule has 2 heterocycles. The normalized spacial score (nSPS) is 10.6. The maximum Gasteiger partial charge on any atom is 0.208 e. The lowest BCUT2D eigenvalue weighted by molar-refractivity contribution is 0.983. The van der Waals surface area contributed by atoms with E-state index in [4.69, 9.17) is 0 Å². The highest BCUT2D eigenvalue weighted by molar-refractivity contribution is 7.07. The van der Waals surface area contributed by atoms with Gasteiger partial charge in [-0.05, 0) is 19.1 Å². The number of anilines is 1. The molecule has 0 saturated heterocycles. The van der Waals surface area contributed by atoms with Crippen molar-refractivity contribution in [3.63, 3.8) is 0 Å². The van der Waals surface area contributed by atoms with Gasteiger partial charge in [0.15, 0.2) is 0 Å². The Labute approximate surface area is 115 Å². The Balaban J connectivity index is 1.85. The SMILES string of the molecule is Cc1cn(-c2ccccc2)c(NCc2cscn2)n1. The molecule has 1 N–H and O–H groups in total. The number of para-hydroxylation sites is 1. The van der Waals surface area contributed by atoms with Gasteiger partial charge in [-0.25, -0.2) is 9.97 Å². The van der Waals surface area contributed by atoms with E-state index in [1.807, 2.05) is 42.2 Å². The van der Waals surface area contributed by atoms with Gasteiger partial charge < -0.3 is 5.32 Å². The average Bonchev–Trinajstić information content (AvgIpc) is 3.06. The second-order valence-electron chi connectivity index (χ2n) is 4.24. The zero-order valence-electron chi connectivity index (χ0n) is 10.6. The number of aromatic nitrogens is 3. The number of nitrogens with one attached hydrogen (secondary N) is 1. The van der Waals surface area contributed by atoms with E-state index in [-0.39, 0.29) is 0 Å². The minimum Gasteiger partial charge on any atom is -0.350 e. The summed E-state index contributed by atoms with van der Waals surface area (Å²) in [5, 5.41) is 5.37. The van der Waals surface area contributed by atoms with E-state index in [0.29, 0.717) is 6.54 Å². The lowest BCUT2D eigenvalue weighted by Gasteiger charge is -2.08. The first-order valence-corrected chi connectivity index (χ1v) is 6.99. The number of rotatable bonds is 4. The lowest BCUT2D eigenvalue weighted by atomic mass is 10.3. The van der Waals surface area contributed by atoms with E-state index in [2.05, 4.69) is 32.0 Å². The van der Waals surface area contributed by atoms with Crippen molar-refractivity contribution < 1.29 is 0 Å². The van der Waals surface area contributed by atoms with Crippen molar-refractivity contribution in [3.05, 3.63) is 58.8 Å². The molecule has 0 bridgehead atoms. The van der Waals surface area contributed by atoms with Crippen LogP contribution in [0.3, 0.4) is 0 Å². The molecule has 0 aliphatic carbocycles. The van der Waals surface area contributed by atoms with Crippen LogP contribution in [0.5, 0.6) is 0 Å². The summed E-state index contributed by atoms with van der Waals surface area (Å²) in [4.78, 5) is 8.77. The van der Waals surface area contributed by atoms with Gasteiger partial charge >= 0.3 is 0 Å². The summed E-state index contributed by atoms with van der Waals surface area (Å²) in [6.07, 6.45) is 2.03. The summed E-state index contributed by atoms with van der Waals surface area (Å²) < 4.78 is 2.06. The van der Waals surface area contributed by atoms with E-state index in [0.717, 1.165) is 23.0 Å². The average molecular weight is 270 g/mol. The topological polar surface area (TPSA) is 42.7 Å². The van der Waals surface area contributed by atoms with Crippen LogP contribution in [0.4, 0.5) is 5.95 Å². The molecule has 0 atom stereocenters. The first kappa shape index (κ1) is 11.9. The van der Waals surface area contributed by atoms with Crippen molar-refractivity contribution >= 4 is 17.3 Å². The molecule has 0 radical (unpaired) electrons. The molecule has 0 saturated carbocycles. The second-order valence-corrected chi connectivity index (χ2v) is 4.96. The number of imidazole rings is 1. The predicted octanol–water partition coefficient (Wildman–Crippen LogP) is 3.25. The number of thiazole rings is 1. The Hall–Kier alpha value is -2.14. The van der Waals surface area contributed by atoms with Gasteiger partial charge in [0.2, 0.25) is 5.95 Å². The highest BCUT2D eigenvalue weighted by atomic mass is 32.1. The summed E-state index contributed by atoms with van der Waals surface area (Å²) in [6.45, 7) is 2.68. The van der Waals surface area contributed by atoms with Crippen LogP contribution in [0.1, 0.15) is 11.4 Å². The Morgan fingerprint density at radius 1 is 1.26 bits per heavy atom. The summed E-state index contributed by atoms with van der Waals surface area (Å²) in [7, 11) is 0. The van der Waals surface area contributed by atoms with Crippen molar-refractivity contribution in [2.75, 3.05) is 5.32 Å². The molecule has 0 amide bonds. The minimum atomic E-state index is 0.687. The lowest BCUT2D eigenvalue weighted by Crippen LogP contribution is -2.06. The van der Waals surface area contributed by atoms with Crippen LogP contribution >= 0.6 is 11.3 Å². The van der Waals surface area contributed by atoms with Gasteiger partial charge in [-0.2, -0.15) is 0 Å². The fourth-order valence-corrected chi connectivity index (χ4v) is 2.46. The van der Waals surface area contributed by atoms with Crippen molar-refractivity contribution in [1.29, 1.82) is 0 Å². The summed E-state index contributed by atoms with van der Waals surface area (Å²) >= 11 is 1.60. The third-order valence-electron chi connectivity index (χ3n) is 2.77. The number of aryl methyl sites for hydroxylation is 1. The molecule has 1 aromatic carbocycles. The molecule has 0 spiro atoms. The number of hydrogen-bond donors (Lipinski definition) is 1. The van der Waals surface area contributed by atoms with Gasteiger partial charge in [0, 0.05) is 17.3 Å². The van der Waals surface area contributed by atoms with E-state index in [1.54, 1.807) is 11.3 Å². The van der Waals surface area contributed by atoms with E-state index in [9.17, 15) is 0 Å². The largest absolute Gasteiger partial charge is 0.350 e. The minimum absolute atomic E-state index is 0.687. The highest BCUT2D eigenvalue weighted by Gasteiger charge is 2.07. The van der Waals surface area contributed by atoms with Crippen molar-refractivity contribution in [2.24, 2.45) is 0 Å². The highest BCUT2D eigenvalue weighted by Crippen LogP contribution is 2.17. The molecular weight excluding hydrogens is 256 g/mol. The Morgan fingerprint density at radius 3 is 2.84 bits per heavy atom. The van der Waals surface area contributed by atoms with Gasteiger partial charge in [-0.15, -0.1) is 11.3 Å². The maximum atomic E-state index is 4.51. The first-order chi connectivity index (χ1) is 9.33. The van der Waals surface area contributed by atoms with Crippen LogP contribution in [-0.2, 0) is 6.54 Å². The van der Waals surface area contributed by atoms with Crippen LogP contribution < -0.4 is 5.32 Å². The standard InChI is InChI=1S/C14H14N4S/c1-11-8-18(13-5-3-2-4-6-13)14(17-11)15-7-12-9-19-10-16-12/h2-6,8-10H,7H2,1H3,(H,15,17). The van der Waals surface area contributed by atoms with Gasteiger partial charge in [-0.1, -0.05) is 18.2 Å². The molecule has 5 heteroatoms. The monoisotopic (exact) mass is 270 g/mol. The Bertz CT molecular complexity index is 643. The van der Waals surface area contributed by atoms with Crippen LogP contribution in [0, 0.1) is 6.92 Å². The fraction of sp³-hybridized carbons (Fsp3) is 0.143. The number of benzene rings is 1. The predicted molar refractivity (Wildman–Crippen MR) is 77.7 cm³/mol. The van der Waals surface area contributed by atoms with Crippen LogP contribution in [-0.4, -0.2) is 14.5 Å². The molecule has 96 valence electrons. The molecule has 3 rings (SSSR count). The molecule has 0 unspecified atom stereocenters. The first-order valence-electron chi connectivity index (χ1n) is 6.05. The smallest absolute Gasteiger partial charge is 0.208 e. The van der Waals surface area contributed by atoms with Crippen LogP contribution in [0.25, 0.3) is 5.69 Å². The van der Waals surface area contributed by atoms with Crippen molar-refractivity contribution in [3.8, 4) is 5.69 Å². The van der Waals surface area contributed by atoms with Crippen molar-refractivity contribution in [2.45, 2.75) is 13.5 Å². The Kier molecular flexibility index (Phi) is 3.29. The molecule has 0 aliphatic rings. The quantitative estimate of drug-likeness (QED) is 0.791. The molecule has 2 aromatic heterocycles. The van der Waals surface area contributed by atoms with Crippen LogP contribution in [0.15, 0.2) is 47.4 Å². The number of hydrogen-bond acceptors (Lipinski definition) is 4. The number of nitrogens with zero attached hydrogens (tertiary/aromatic N) is 3. The zero-order valence-corrected chi connectivity index (χ0v) is 11.4. The molecule has 3 aromatic rings. The summed E-state index contributed by atoms with van der Waals surface area (Å²) in [5.74, 6) is 0.844. The zero-order chi connectivity index (χ0) is 13.1. The maximum absolute atomic E-state index is 4.51. The molecular formula is C14H14N4S. The molecule has 4 nitrogen and oxygen atoms in total. The van der Waals surface area contributed by atoms with Gasteiger partial charge in [0.05, 0.1) is 23.4 Å². The van der Waals surface area contributed by atoms with Gasteiger partial charge in [0.1, 0.15) is 0 Å². The van der Waals surface area contributed by atoms with E-state index >= 15 is 0 Å². The van der Waals surface area contributed by atoms with Gasteiger partial charge in [0.25, 0.3) is 0 Å². The van der Waals surface area contributed by atoms with Crippen LogP contribution in [0.2, 0.25) is 0 Å².